The third-order valence-corrected chi connectivity index (χ3v) is 5.12. The molecule has 1 aromatic rings. The Hall–Kier alpha value is -0.850. The number of aromatic nitrogens is 1. The van der Waals surface area contributed by atoms with Gasteiger partial charge in [-0.1, -0.05) is 6.92 Å². The molecule has 2 heterocycles. The smallest absolute Gasteiger partial charge is 0.244 e. The highest BCUT2D eigenvalue weighted by atomic mass is 32.2. The fourth-order valence-corrected chi connectivity index (χ4v) is 3.85. The number of sulfonamides is 1. The quantitative estimate of drug-likeness (QED) is 0.808. The number of hydrogen-bond donors (Lipinski definition) is 2. The second-order valence-corrected chi connectivity index (χ2v) is 6.07. The Kier molecular flexibility index (Phi) is 3.05. The van der Waals surface area contributed by atoms with Gasteiger partial charge in [0.2, 0.25) is 10.0 Å². The highest BCUT2D eigenvalue weighted by Gasteiger charge is 2.39. The van der Waals surface area contributed by atoms with Crippen LogP contribution >= 0.6 is 0 Å². The summed E-state index contributed by atoms with van der Waals surface area (Å²) in [7, 11) is -3.45. The van der Waals surface area contributed by atoms with Gasteiger partial charge in [-0.15, -0.1) is 0 Å². The molecule has 0 aromatic carbocycles. The molecule has 5 nitrogen and oxygen atoms in total. The number of aromatic amines is 1. The molecule has 1 aromatic heterocycles. The third kappa shape index (κ3) is 1.77. The summed E-state index contributed by atoms with van der Waals surface area (Å²) in [6.45, 7) is 2.33. The van der Waals surface area contributed by atoms with Gasteiger partial charge in [0.05, 0.1) is 17.5 Å². The fourth-order valence-electron chi connectivity index (χ4n) is 2.15. The van der Waals surface area contributed by atoms with E-state index in [0.717, 1.165) is 6.42 Å². The van der Waals surface area contributed by atoms with Crippen LogP contribution in [-0.2, 0) is 10.0 Å². The van der Waals surface area contributed by atoms with Gasteiger partial charge in [0.1, 0.15) is 0 Å². The van der Waals surface area contributed by atoms with Gasteiger partial charge in [0, 0.05) is 18.9 Å². The van der Waals surface area contributed by atoms with Crippen molar-refractivity contribution in [3.05, 3.63) is 18.5 Å². The molecule has 1 aliphatic rings. The zero-order chi connectivity index (χ0) is 11.8. The Morgan fingerprint density at radius 1 is 1.62 bits per heavy atom. The number of aliphatic hydroxyl groups excluding tert-OH is 1. The first-order valence-electron chi connectivity index (χ1n) is 5.33. The molecule has 16 heavy (non-hydrogen) atoms. The van der Waals surface area contributed by atoms with Crippen LogP contribution in [0.15, 0.2) is 23.4 Å². The second kappa shape index (κ2) is 4.20. The van der Waals surface area contributed by atoms with E-state index in [1.807, 2.05) is 6.92 Å². The normalized spacial score (nSPS) is 27.4. The molecule has 2 rings (SSSR count). The average molecular weight is 244 g/mol. The lowest BCUT2D eigenvalue weighted by Gasteiger charge is -2.23. The van der Waals surface area contributed by atoms with Crippen molar-refractivity contribution >= 4 is 10.0 Å². The molecular weight excluding hydrogens is 228 g/mol. The van der Waals surface area contributed by atoms with Crippen molar-refractivity contribution in [1.82, 2.24) is 9.29 Å². The van der Waals surface area contributed by atoms with Crippen LogP contribution in [0.3, 0.4) is 0 Å². The van der Waals surface area contributed by atoms with Gasteiger partial charge in [-0.25, -0.2) is 8.42 Å². The zero-order valence-corrected chi connectivity index (χ0v) is 9.94. The molecule has 1 saturated heterocycles. The maximum Gasteiger partial charge on any atom is 0.244 e. The van der Waals surface area contributed by atoms with Crippen molar-refractivity contribution in [1.29, 1.82) is 0 Å². The molecule has 90 valence electrons. The SMILES string of the molecule is CC1CCN(S(=O)(=O)c2cc[nH]c2)C1CO. The molecule has 0 radical (unpaired) electrons. The summed E-state index contributed by atoms with van der Waals surface area (Å²) >= 11 is 0. The molecule has 0 amide bonds. The summed E-state index contributed by atoms with van der Waals surface area (Å²) in [4.78, 5) is 3.00. The molecule has 0 spiro atoms. The lowest BCUT2D eigenvalue weighted by Crippen LogP contribution is -2.39. The lowest BCUT2D eigenvalue weighted by atomic mass is 10.0. The minimum absolute atomic E-state index is 0.120. The molecule has 0 aliphatic carbocycles. The first-order valence-corrected chi connectivity index (χ1v) is 6.77. The van der Waals surface area contributed by atoms with Crippen LogP contribution in [0.4, 0.5) is 0 Å². The van der Waals surface area contributed by atoms with Crippen LogP contribution in [0, 0.1) is 5.92 Å². The van der Waals surface area contributed by atoms with Crippen molar-refractivity contribution in [2.24, 2.45) is 5.92 Å². The maximum absolute atomic E-state index is 12.2. The molecule has 0 saturated carbocycles. The predicted octanol–water partition coefficient (Wildman–Crippen LogP) is 0.406. The van der Waals surface area contributed by atoms with Gasteiger partial charge < -0.3 is 10.1 Å². The van der Waals surface area contributed by atoms with Gasteiger partial charge in [0.25, 0.3) is 0 Å². The van der Waals surface area contributed by atoms with Crippen molar-refractivity contribution in [2.45, 2.75) is 24.3 Å². The number of aliphatic hydroxyl groups is 1. The second-order valence-electron chi connectivity index (χ2n) is 4.18. The Labute approximate surface area is 95.1 Å². The Morgan fingerprint density at radius 2 is 2.38 bits per heavy atom. The first-order chi connectivity index (χ1) is 7.57. The average Bonchev–Trinajstić information content (AvgIpc) is 2.85. The van der Waals surface area contributed by atoms with Crippen molar-refractivity contribution < 1.29 is 13.5 Å². The predicted molar refractivity (Wildman–Crippen MR) is 59.3 cm³/mol. The van der Waals surface area contributed by atoms with Crippen LogP contribution in [0.5, 0.6) is 0 Å². The van der Waals surface area contributed by atoms with E-state index in [1.165, 1.54) is 16.6 Å². The van der Waals surface area contributed by atoms with Crippen LogP contribution in [-0.4, -0.2) is 42.0 Å². The number of hydrogen-bond acceptors (Lipinski definition) is 3. The molecule has 2 N–H and O–H groups in total. The number of rotatable bonds is 3. The third-order valence-electron chi connectivity index (χ3n) is 3.19. The van der Waals surface area contributed by atoms with Crippen molar-refractivity contribution in [2.75, 3.05) is 13.2 Å². The van der Waals surface area contributed by atoms with Gasteiger partial charge >= 0.3 is 0 Å². The van der Waals surface area contributed by atoms with E-state index in [0.29, 0.717) is 6.54 Å². The fraction of sp³-hybridized carbons (Fsp3) is 0.600. The summed E-state index contributed by atoms with van der Waals surface area (Å²) in [5, 5.41) is 9.25. The van der Waals surface area contributed by atoms with E-state index >= 15 is 0 Å². The van der Waals surface area contributed by atoms with E-state index in [2.05, 4.69) is 4.98 Å². The number of nitrogens with one attached hydrogen (secondary N) is 1. The standard InChI is InChI=1S/C10H16N2O3S/c1-8-3-5-12(10(8)7-13)16(14,15)9-2-4-11-6-9/h2,4,6,8,10-11,13H,3,5,7H2,1H3. The van der Waals surface area contributed by atoms with E-state index in [4.69, 9.17) is 0 Å². The molecule has 0 bridgehead atoms. The summed E-state index contributed by atoms with van der Waals surface area (Å²) in [5.41, 5.74) is 0. The lowest BCUT2D eigenvalue weighted by molar-refractivity contribution is 0.191. The minimum atomic E-state index is -3.45. The monoisotopic (exact) mass is 244 g/mol. The van der Waals surface area contributed by atoms with Crippen LogP contribution < -0.4 is 0 Å². The van der Waals surface area contributed by atoms with Gasteiger partial charge in [-0.2, -0.15) is 4.31 Å². The Morgan fingerprint density at radius 3 is 2.94 bits per heavy atom. The number of nitrogens with zero attached hydrogens (tertiary/aromatic N) is 1. The highest BCUT2D eigenvalue weighted by molar-refractivity contribution is 7.89. The van der Waals surface area contributed by atoms with Gasteiger partial charge in [0.15, 0.2) is 0 Å². The molecule has 2 atom stereocenters. The van der Waals surface area contributed by atoms with Crippen LogP contribution in [0.1, 0.15) is 13.3 Å². The summed E-state index contributed by atoms with van der Waals surface area (Å²) < 4.78 is 25.8. The van der Waals surface area contributed by atoms with Crippen LogP contribution in [0.25, 0.3) is 0 Å². The van der Waals surface area contributed by atoms with Crippen LogP contribution in [0.2, 0.25) is 0 Å². The minimum Gasteiger partial charge on any atom is -0.395 e. The topological polar surface area (TPSA) is 73.4 Å². The summed E-state index contributed by atoms with van der Waals surface area (Å²) in [6.07, 6.45) is 3.85. The molecule has 1 fully saturated rings. The molecule has 1 aliphatic heterocycles. The largest absolute Gasteiger partial charge is 0.395 e. The summed E-state index contributed by atoms with van der Waals surface area (Å²) in [6, 6.07) is 1.24. The molecular formula is C10H16N2O3S. The highest BCUT2D eigenvalue weighted by Crippen LogP contribution is 2.29. The van der Waals surface area contributed by atoms with Crippen molar-refractivity contribution in [3.8, 4) is 0 Å². The Balaban J connectivity index is 2.32. The maximum atomic E-state index is 12.2. The van der Waals surface area contributed by atoms with Crippen molar-refractivity contribution in [3.63, 3.8) is 0 Å². The first kappa shape index (κ1) is 11.6. The van der Waals surface area contributed by atoms with Gasteiger partial charge in [-0.3, -0.25) is 0 Å². The van der Waals surface area contributed by atoms with E-state index in [9.17, 15) is 13.5 Å². The molecule has 6 heteroatoms. The van der Waals surface area contributed by atoms with Gasteiger partial charge in [-0.05, 0) is 18.4 Å². The molecule has 2 unspecified atom stereocenters. The summed E-state index contributed by atoms with van der Waals surface area (Å²) in [5.74, 6) is 0.207. The van der Waals surface area contributed by atoms with E-state index in [1.54, 1.807) is 6.20 Å². The Bertz CT molecular complexity index is 441. The zero-order valence-electron chi connectivity index (χ0n) is 9.13. The van der Waals surface area contributed by atoms with E-state index < -0.39 is 10.0 Å². The number of H-pyrrole nitrogens is 1. The van der Waals surface area contributed by atoms with E-state index in [-0.39, 0.29) is 23.5 Å².